The summed E-state index contributed by atoms with van der Waals surface area (Å²) in [5.74, 6) is 2.73. The standard InChI is InChI=1S/C23H27N5O5/c1-31-19-14-21(33-3)20(32-2)13-17(19)15-27-23(26-11-5-4-6-12-26)22(24-25-27)16-7-9-18(10-8-16)28(29)30/h7-10,13-14H,4-6,11-12,15H2,1-3H3. The molecule has 4 rings (SSSR count). The van der Waals surface area contributed by atoms with E-state index in [-0.39, 0.29) is 5.69 Å². The van der Waals surface area contributed by atoms with Crippen LogP contribution in [-0.4, -0.2) is 54.3 Å². The average molecular weight is 453 g/mol. The van der Waals surface area contributed by atoms with Crippen LogP contribution < -0.4 is 19.1 Å². The largest absolute Gasteiger partial charge is 0.496 e. The van der Waals surface area contributed by atoms with Crippen LogP contribution in [0.25, 0.3) is 11.3 Å². The molecule has 0 aliphatic carbocycles. The number of rotatable bonds is 8. The Bertz CT molecular complexity index is 1120. The Morgan fingerprint density at radius 3 is 2.18 bits per heavy atom. The molecule has 1 aliphatic heterocycles. The maximum Gasteiger partial charge on any atom is 0.269 e. The number of nitro groups is 1. The van der Waals surface area contributed by atoms with Crippen molar-refractivity contribution in [2.75, 3.05) is 39.3 Å². The summed E-state index contributed by atoms with van der Waals surface area (Å²) < 4.78 is 18.3. The van der Waals surface area contributed by atoms with E-state index < -0.39 is 4.92 Å². The topological polar surface area (TPSA) is 105 Å². The van der Waals surface area contributed by atoms with Crippen molar-refractivity contribution in [2.24, 2.45) is 0 Å². The molecule has 3 aromatic rings. The third kappa shape index (κ3) is 4.55. The number of ether oxygens (including phenoxy) is 3. The third-order valence-electron chi connectivity index (χ3n) is 5.82. The van der Waals surface area contributed by atoms with E-state index in [9.17, 15) is 10.1 Å². The normalized spacial score (nSPS) is 13.6. The van der Waals surface area contributed by atoms with Crippen molar-refractivity contribution in [3.8, 4) is 28.5 Å². The van der Waals surface area contributed by atoms with Crippen LogP contribution in [0.1, 0.15) is 24.8 Å². The van der Waals surface area contributed by atoms with Gasteiger partial charge in [0, 0.05) is 42.4 Å². The molecule has 10 heteroatoms. The highest BCUT2D eigenvalue weighted by Crippen LogP contribution is 2.37. The summed E-state index contributed by atoms with van der Waals surface area (Å²) in [6, 6.07) is 10.1. The van der Waals surface area contributed by atoms with Gasteiger partial charge in [0.05, 0.1) is 32.8 Å². The smallest absolute Gasteiger partial charge is 0.269 e. The van der Waals surface area contributed by atoms with Crippen molar-refractivity contribution in [3.05, 3.63) is 52.1 Å². The van der Waals surface area contributed by atoms with E-state index in [1.54, 1.807) is 39.5 Å². The van der Waals surface area contributed by atoms with Gasteiger partial charge in [0.2, 0.25) is 0 Å². The molecule has 0 N–H and O–H groups in total. The number of anilines is 1. The minimum atomic E-state index is -0.407. The van der Waals surface area contributed by atoms with E-state index in [0.717, 1.165) is 42.9 Å². The molecule has 0 atom stereocenters. The van der Waals surface area contributed by atoms with Crippen LogP contribution in [0.5, 0.6) is 17.2 Å². The van der Waals surface area contributed by atoms with Gasteiger partial charge in [0.25, 0.3) is 5.69 Å². The van der Waals surface area contributed by atoms with Crippen LogP contribution in [0, 0.1) is 10.1 Å². The first-order valence-corrected chi connectivity index (χ1v) is 10.8. The molecule has 0 spiro atoms. The highest BCUT2D eigenvalue weighted by molar-refractivity contribution is 5.73. The number of methoxy groups -OCH3 is 3. The lowest BCUT2D eigenvalue weighted by molar-refractivity contribution is -0.384. The fraction of sp³-hybridized carbons (Fsp3) is 0.391. The summed E-state index contributed by atoms with van der Waals surface area (Å²) in [4.78, 5) is 12.9. The van der Waals surface area contributed by atoms with Crippen LogP contribution in [-0.2, 0) is 6.54 Å². The Hall–Kier alpha value is -3.82. The van der Waals surface area contributed by atoms with Gasteiger partial charge in [-0.05, 0) is 37.5 Å². The Labute approximate surface area is 191 Å². The Balaban J connectivity index is 1.77. The molecule has 0 amide bonds. The molecule has 10 nitrogen and oxygen atoms in total. The Kier molecular flexibility index (Phi) is 6.62. The summed E-state index contributed by atoms with van der Waals surface area (Å²) in [6.07, 6.45) is 3.36. The van der Waals surface area contributed by atoms with Crippen LogP contribution >= 0.6 is 0 Å². The number of hydrogen-bond acceptors (Lipinski definition) is 8. The molecular formula is C23H27N5O5. The number of non-ortho nitro benzene ring substituents is 1. The molecule has 0 bridgehead atoms. The maximum atomic E-state index is 11.1. The van der Waals surface area contributed by atoms with Gasteiger partial charge in [-0.3, -0.25) is 10.1 Å². The molecule has 174 valence electrons. The molecule has 1 fully saturated rings. The first-order chi connectivity index (χ1) is 16.0. The van der Waals surface area contributed by atoms with Crippen LogP contribution in [0.4, 0.5) is 11.5 Å². The minimum Gasteiger partial charge on any atom is -0.496 e. The van der Waals surface area contributed by atoms with Gasteiger partial charge in [-0.15, -0.1) is 5.10 Å². The summed E-state index contributed by atoms with van der Waals surface area (Å²) >= 11 is 0. The van der Waals surface area contributed by atoms with Gasteiger partial charge < -0.3 is 19.1 Å². The van der Waals surface area contributed by atoms with Gasteiger partial charge >= 0.3 is 0 Å². The summed E-state index contributed by atoms with van der Waals surface area (Å²) in [5, 5.41) is 20.0. The van der Waals surface area contributed by atoms with E-state index in [4.69, 9.17) is 14.2 Å². The number of piperidine rings is 1. The van der Waals surface area contributed by atoms with E-state index in [1.807, 2.05) is 10.7 Å². The van der Waals surface area contributed by atoms with Gasteiger partial charge in [-0.25, -0.2) is 4.68 Å². The molecule has 2 heterocycles. The van der Waals surface area contributed by atoms with Gasteiger partial charge in [-0.1, -0.05) is 5.21 Å². The molecular weight excluding hydrogens is 426 g/mol. The monoisotopic (exact) mass is 453 g/mol. The lowest BCUT2D eigenvalue weighted by Gasteiger charge is -2.29. The SMILES string of the molecule is COc1cc(OC)c(OC)cc1Cn1nnc(-c2ccc([N+](=O)[O-])cc2)c1N1CCCCC1. The van der Waals surface area contributed by atoms with E-state index in [0.29, 0.717) is 29.5 Å². The number of hydrogen-bond donors (Lipinski definition) is 0. The predicted molar refractivity (Wildman–Crippen MR) is 123 cm³/mol. The zero-order valence-corrected chi connectivity index (χ0v) is 19.0. The Morgan fingerprint density at radius 2 is 1.58 bits per heavy atom. The summed E-state index contributed by atoms with van der Waals surface area (Å²) in [5.41, 5.74) is 2.40. The predicted octanol–water partition coefficient (Wildman–Crippen LogP) is 3.92. The summed E-state index contributed by atoms with van der Waals surface area (Å²) in [6.45, 7) is 2.21. The first kappa shape index (κ1) is 22.4. The molecule has 2 aromatic carbocycles. The number of nitro benzene ring substituents is 1. The quantitative estimate of drug-likeness (QED) is 0.373. The van der Waals surface area contributed by atoms with Gasteiger partial charge in [0.15, 0.2) is 17.3 Å². The van der Waals surface area contributed by atoms with Crippen molar-refractivity contribution in [1.29, 1.82) is 0 Å². The van der Waals surface area contributed by atoms with Crippen molar-refractivity contribution >= 4 is 11.5 Å². The second kappa shape index (κ2) is 9.76. The first-order valence-electron chi connectivity index (χ1n) is 10.8. The lowest BCUT2D eigenvalue weighted by Crippen LogP contribution is -2.32. The number of benzene rings is 2. The van der Waals surface area contributed by atoms with Crippen LogP contribution in [0.2, 0.25) is 0 Å². The van der Waals surface area contributed by atoms with Gasteiger partial charge in [0.1, 0.15) is 11.4 Å². The molecule has 1 aromatic heterocycles. The maximum absolute atomic E-state index is 11.1. The zero-order valence-electron chi connectivity index (χ0n) is 19.0. The van der Waals surface area contributed by atoms with Crippen molar-refractivity contribution in [2.45, 2.75) is 25.8 Å². The third-order valence-corrected chi connectivity index (χ3v) is 5.82. The van der Waals surface area contributed by atoms with Crippen molar-refractivity contribution < 1.29 is 19.1 Å². The zero-order chi connectivity index (χ0) is 23.4. The average Bonchev–Trinajstić information content (AvgIpc) is 3.27. The molecule has 33 heavy (non-hydrogen) atoms. The van der Waals surface area contributed by atoms with Gasteiger partial charge in [-0.2, -0.15) is 0 Å². The molecule has 0 radical (unpaired) electrons. The molecule has 0 unspecified atom stereocenters. The Morgan fingerprint density at radius 1 is 0.939 bits per heavy atom. The second-order valence-electron chi connectivity index (χ2n) is 7.79. The van der Waals surface area contributed by atoms with Crippen molar-refractivity contribution in [3.63, 3.8) is 0 Å². The molecule has 1 saturated heterocycles. The fourth-order valence-electron chi connectivity index (χ4n) is 4.14. The van der Waals surface area contributed by atoms with Crippen molar-refractivity contribution in [1.82, 2.24) is 15.0 Å². The van der Waals surface area contributed by atoms with E-state index in [2.05, 4.69) is 15.2 Å². The number of aromatic nitrogens is 3. The highest BCUT2D eigenvalue weighted by Gasteiger charge is 2.24. The van der Waals surface area contributed by atoms with E-state index in [1.165, 1.54) is 18.6 Å². The van der Waals surface area contributed by atoms with E-state index >= 15 is 0 Å². The minimum absolute atomic E-state index is 0.0423. The lowest BCUT2D eigenvalue weighted by atomic mass is 10.1. The summed E-state index contributed by atoms with van der Waals surface area (Å²) in [7, 11) is 4.79. The molecule has 0 saturated carbocycles. The van der Waals surface area contributed by atoms with Crippen LogP contribution in [0.15, 0.2) is 36.4 Å². The fourth-order valence-corrected chi connectivity index (χ4v) is 4.14. The van der Waals surface area contributed by atoms with Crippen LogP contribution in [0.3, 0.4) is 0 Å². The number of nitrogens with zero attached hydrogens (tertiary/aromatic N) is 5. The second-order valence-corrected chi connectivity index (χ2v) is 7.79. The highest BCUT2D eigenvalue weighted by atomic mass is 16.6. The molecule has 1 aliphatic rings.